The Kier molecular flexibility index (Phi) is 3.51. The van der Waals surface area contributed by atoms with Gasteiger partial charge >= 0.3 is 0 Å². The topological polar surface area (TPSA) is 75.2 Å². The number of benzene rings is 1. The molecule has 1 aromatic heterocycles. The number of aromatic nitrogens is 2. The predicted octanol–water partition coefficient (Wildman–Crippen LogP) is 2.55. The van der Waals surface area contributed by atoms with Gasteiger partial charge in [0, 0.05) is 7.11 Å². The highest BCUT2D eigenvalue weighted by atomic mass is 16.5. The summed E-state index contributed by atoms with van der Waals surface area (Å²) < 4.78 is 5.39. The fraction of sp³-hybridized carbons (Fsp3) is 0.375. The largest absolute Gasteiger partial charge is 0.493 e. The molecule has 1 unspecified atom stereocenters. The molecule has 1 atom stereocenters. The lowest BCUT2D eigenvalue weighted by Crippen LogP contribution is -2.18. The Hall–Kier alpha value is -2.14. The minimum Gasteiger partial charge on any atom is -0.493 e. The normalized spacial score (nSPS) is 15.9. The summed E-state index contributed by atoms with van der Waals surface area (Å²) in [5, 5.41) is 10.2. The number of nitrogens with one attached hydrogen (secondary N) is 1. The van der Waals surface area contributed by atoms with Crippen LogP contribution >= 0.6 is 0 Å². The molecular weight excluding hydrogens is 268 g/mol. The van der Waals surface area contributed by atoms with Crippen LogP contribution in [0.2, 0.25) is 0 Å². The summed E-state index contributed by atoms with van der Waals surface area (Å²) in [4.78, 5) is 19.2. The third-order valence-electron chi connectivity index (χ3n) is 3.80. The van der Waals surface area contributed by atoms with Gasteiger partial charge in [0.2, 0.25) is 5.88 Å². The average Bonchev–Trinajstić information content (AvgIpc) is 3.23. The van der Waals surface area contributed by atoms with Crippen molar-refractivity contribution < 1.29 is 9.84 Å². The molecular formula is C16H18N2O3. The molecule has 1 aliphatic rings. The van der Waals surface area contributed by atoms with Crippen molar-refractivity contribution in [2.75, 3.05) is 7.11 Å². The van der Waals surface area contributed by atoms with Crippen LogP contribution in [0, 0.1) is 12.8 Å². The molecule has 1 aliphatic carbocycles. The van der Waals surface area contributed by atoms with Crippen molar-refractivity contribution >= 4 is 0 Å². The minimum atomic E-state index is -0.342. The zero-order chi connectivity index (χ0) is 15.0. The van der Waals surface area contributed by atoms with E-state index in [-0.39, 0.29) is 23.1 Å². The average molecular weight is 286 g/mol. The zero-order valence-corrected chi connectivity index (χ0v) is 12.1. The Labute approximate surface area is 122 Å². The van der Waals surface area contributed by atoms with Gasteiger partial charge in [-0.2, -0.15) is 4.98 Å². The highest BCUT2D eigenvalue weighted by molar-refractivity contribution is 5.67. The van der Waals surface area contributed by atoms with E-state index in [1.165, 1.54) is 0 Å². The summed E-state index contributed by atoms with van der Waals surface area (Å²) in [7, 11) is 1.59. The molecule has 0 radical (unpaired) electrons. The van der Waals surface area contributed by atoms with Crippen LogP contribution in [0.1, 0.15) is 30.3 Å². The first-order valence-electron chi connectivity index (χ1n) is 7.03. The first kappa shape index (κ1) is 13.8. The van der Waals surface area contributed by atoms with E-state index in [9.17, 15) is 9.90 Å². The van der Waals surface area contributed by atoms with Gasteiger partial charge in [0.05, 0.1) is 0 Å². The van der Waals surface area contributed by atoms with E-state index in [1.807, 2.05) is 25.1 Å². The lowest BCUT2D eigenvalue weighted by Gasteiger charge is -2.14. The molecule has 110 valence electrons. The molecule has 3 rings (SSSR count). The van der Waals surface area contributed by atoms with Crippen LogP contribution < -0.4 is 5.56 Å². The number of ether oxygens (including phenoxy) is 1. The predicted molar refractivity (Wildman–Crippen MR) is 79.2 cm³/mol. The molecule has 1 heterocycles. The van der Waals surface area contributed by atoms with Crippen LogP contribution in [-0.2, 0) is 4.74 Å². The molecule has 21 heavy (non-hydrogen) atoms. The van der Waals surface area contributed by atoms with Crippen LogP contribution in [0.3, 0.4) is 0 Å². The molecule has 5 nitrogen and oxygen atoms in total. The quantitative estimate of drug-likeness (QED) is 0.905. The fourth-order valence-corrected chi connectivity index (χ4v) is 2.60. The van der Waals surface area contributed by atoms with Gasteiger partial charge in [-0.25, -0.2) is 0 Å². The lowest BCUT2D eigenvalue weighted by atomic mass is 10.1. The van der Waals surface area contributed by atoms with Gasteiger partial charge < -0.3 is 14.8 Å². The third kappa shape index (κ3) is 2.69. The summed E-state index contributed by atoms with van der Waals surface area (Å²) in [6.07, 6.45) is 1.86. The van der Waals surface area contributed by atoms with Crippen LogP contribution in [0.5, 0.6) is 5.88 Å². The Morgan fingerprint density at radius 2 is 2.19 bits per heavy atom. The van der Waals surface area contributed by atoms with Crippen LogP contribution in [0.4, 0.5) is 0 Å². The van der Waals surface area contributed by atoms with E-state index in [0.29, 0.717) is 17.3 Å². The molecule has 5 heteroatoms. The SMILES string of the molecule is COC(c1nc(O)c(-c2cccc(C)c2)c(=O)[nH]1)C1CC1. The highest BCUT2D eigenvalue weighted by Gasteiger charge is 2.34. The molecule has 1 fully saturated rings. The van der Waals surface area contributed by atoms with Gasteiger partial charge in [-0.3, -0.25) is 4.79 Å². The molecule has 2 N–H and O–H groups in total. The van der Waals surface area contributed by atoms with Crippen LogP contribution in [0.15, 0.2) is 29.1 Å². The first-order valence-corrected chi connectivity index (χ1v) is 7.03. The van der Waals surface area contributed by atoms with Gasteiger partial charge in [-0.05, 0) is 31.2 Å². The number of hydrogen-bond donors (Lipinski definition) is 2. The van der Waals surface area contributed by atoms with Crippen LogP contribution in [-0.4, -0.2) is 22.2 Å². The van der Waals surface area contributed by atoms with Gasteiger partial charge in [0.25, 0.3) is 5.56 Å². The molecule has 2 aromatic rings. The number of aromatic hydroxyl groups is 1. The first-order chi connectivity index (χ1) is 10.1. The number of methoxy groups -OCH3 is 1. The van der Waals surface area contributed by atoms with Crippen molar-refractivity contribution in [3.8, 4) is 17.0 Å². The maximum absolute atomic E-state index is 12.3. The highest BCUT2D eigenvalue weighted by Crippen LogP contribution is 2.42. The van der Waals surface area contributed by atoms with Crippen molar-refractivity contribution in [3.63, 3.8) is 0 Å². The summed E-state index contributed by atoms with van der Waals surface area (Å²) in [5.41, 5.74) is 1.54. The fourth-order valence-electron chi connectivity index (χ4n) is 2.60. The number of nitrogens with zero attached hydrogens (tertiary/aromatic N) is 1. The summed E-state index contributed by atoms with van der Waals surface area (Å²) in [6.45, 7) is 1.94. The lowest BCUT2D eigenvalue weighted by molar-refractivity contribution is 0.0764. The van der Waals surface area contributed by atoms with E-state index in [1.54, 1.807) is 13.2 Å². The van der Waals surface area contributed by atoms with Gasteiger partial charge in [-0.1, -0.05) is 29.8 Å². The summed E-state index contributed by atoms with van der Waals surface area (Å²) in [6, 6.07) is 7.41. The van der Waals surface area contributed by atoms with Crippen molar-refractivity contribution in [1.82, 2.24) is 9.97 Å². The summed E-state index contributed by atoms with van der Waals surface area (Å²) in [5.74, 6) is 0.531. The maximum Gasteiger partial charge on any atom is 0.262 e. The molecule has 0 amide bonds. The molecule has 1 saturated carbocycles. The Bertz CT molecular complexity index is 720. The second-order valence-corrected chi connectivity index (χ2v) is 5.51. The Balaban J connectivity index is 2.06. The van der Waals surface area contributed by atoms with E-state index in [0.717, 1.165) is 18.4 Å². The van der Waals surface area contributed by atoms with Crippen LogP contribution in [0.25, 0.3) is 11.1 Å². The third-order valence-corrected chi connectivity index (χ3v) is 3.80. The van der Waals surface area contributed by atoms with Gasteiger partial charge in [0.15, 0.2) is 0 Å². The van der Waals surface area contributed by atoms with E-state index >= 15 is 0 Å². The van der Waals surface area contributed by atoms with E-state index < -0.39 is 0 Å². The number of rotatable bonds is 4. The zero-order valence-electron chi connectivity index (χ0n) is 12.1. The van der Waals surface area contributed by atoms with Crippen molar-refractivity contribution in [3.05, 3.63) is 46.0 Å². The number of hydrogen-bond acceptors (Lipinski definition) is 4. The number of H-pyrrole nitrogens is 1. The maximum atomic E-state index is 12.3. The molecule has 0 saturated heterocycles. The monoisotopic (exact) mass is 286 g/mol. The second kappa shape index (κ2) is 5.33. The molecule has 0 bridgehead atoms. The van der Waals surface area contributed by atoms with Gasteiger partial charge in [-0.15, -0.1) is 0 Å². The Morgan fingerprint density at radius 3 is 2.76 bits per heavy atom. The van der Waals surface area contributed by atoms with E-state index in [4.69, 9.17) is 4.74 Å². The summed E-state index contributed by atoms with van der Waals surface area (Å²) >= 11 is 0. The standard InChI is InChI=1S/C16H18N2O3/c1-9-4-3-5-11(8-9)12-15(19)17-14(18-16(12)20)13(21-2)10-6-7-10/h3-5,8,10,13H,6-7H2,1-2H3,(H2,17,18,19,20). The molecule has 1 aromatic carbocycles. The smallest absolute Gasteiger partial charge is 0.262 e. The van der Waals surface area contributed by atoms with E-state index in [2.05, 4.69) is 9.97 Å². The van der Waals surface area contributed by atoms with Gasteiger partial charge in [0.1, 0.15) is 17.5 Å². The second-order valence-electron chi connectivity index (χ2n) is 5.51. The number of aryl methyl sites for hydroxylation is 1. The van der Waals surface area contributed by atoms with Crippen molar-refractivity contribution in [1.29, 1.82) is 0 Å². The van der Waals surface area contributed by atoms with Crippen molar-refractivity contribution in [2.45, 2.75) is 25.9 Å². The molecule has 0 spiro atoms. The van der Waals surface area contributed by atoms with Crippen molar-refractivity contribution in [2.24, 2.45) is 5.92 Å². The number of aromatic amines is 1. The minimum absolute atomic E-state index is 0.202. The molecule has 0 aliphatic heterocycles. The Morgan fingerprint density at radius 1 is 1.43 bits per heavy atom.